The lowest BCUT2D eigenvalue weighted by molar-refractivity contribution is -0.123. The summed E-state index contributed by atoms with van der Waals surface area (Å²) in [6, 6.07) is 9.63. The Morgan fingerprint density at radius 2 is 2.09 bits per heavy atom. The van der Waals surface area contributed by atoms with Gasteiger partial charge in [-0.15, -0.1) is 0 Å². The Labute approximate surface area is 194 Å². The standard InChI is InChI=1S/C24H22FN3O6/c1-32-8-3-7-28-14-17(10-16(12-26)24(28)31)23(30)20-11-18(25)5-6-21(20)34-15-22(29)27-13-19-4-2-9-33-19/h2,4-6,9-11,14H,3,7-8,13,15H2,1H3,(H,27,29). The molecule has 0 spiro atoms. The molecule has 0 saturated carbocycles. The molecule has 0 aliphatic carbocycles. The number of aryl methyl sites for hydroxylation is 1. The summed E-state index contributed by atoms with van der Waals surface area (Å²) in [6.45, 7) is 0.347. The molecule has 0 atom stereocenters. The molecular weight excluding hydrogens is 445 g/mol. The number of aromatic nitrogens is 1. The molecule has 0 aliphatic heterocycles. The molecule has 0 radical (unpaired) electrons. The molecule has 34 heavy (non-hydrogen) atoms. The number of carbonyl (C=O) groups excluding carboxylic acids is 2. The van der Waals surface area contributed by atoms with Crippen LogP contribution in [0.25, 0.3) is 0 Å². The van der Waals surface area contributed by atoms with E-state index in [2.05, 4.69) is 5.32 Å². The van der Waals surface area contributed by atoms with Crippen molar-refractivity contribution in [3.63, 3.8) is 0 Å². The van der Waals surface area contributed by atoms with Crippen molar-refractivity contribution in [1.82, 2.24) is 9.88 Å². The van der Waals surface area contributed by atoms with Crippen LogP contribution in [0.2, 0.25) is 0 Å². The fourth-order valence-electron chi connectivity index (χ4n) is 3.14. The SMILES string of the molecule is COCCCn1cc(C(=O)c2cc(F)ccc2OCC(=O)NCc2ccco2)cc(C#N)c1=O. The zero-order chi connectivity index (χ0) is 24.5. The summed E-state index contributed by atoms with van der Waals surface area (Å²) in [5, 5.41) is 11.9. The van der Waals surface area contributed by atoms with Gasteiger partial charge in [0.15, 0.2) is 12.4 Å². The summed E-state index contributed by atoms with van der Waals surface area (Å²) < 4.78 is 30.8. The summed E-state index contributed by atoms with van der Waals surface area (Å²) in [6.07, 6.45) is 3.28. The molecule has 3 rings (SSSR count). The third kappa shape index (κ3) is 6.17. The lowest BCUT2D eigenvalue weighted by Gasteiger charge is -2.13. The number of furan rings is 1. The van der Waals surface area contributed by atoms with E-state index < -0.39 is 29.7 Å². The number of nitriles is 1. The van der Waals surface area contributed by atoms with Crippen molar-refractivity contribution < 1.29 is 27.9 Å². The first-order valence-electron chi connectivity index (χ1n) is 10.3. The Hall–Kier alpha value is -4.23. The highest BCUT2D eigenvalue weighted by Gasteiger charge is 2.19. The molecule has 1 N–H and O–H groups in total. The molecular formula is C24H22FN3O6. The molecule has 3 aromatic rings. The molecule has 2 heterocycles. The van der Waals surface area contributed by atoms with Crippen molar-refractivity contribution in [3.8, 4) is 11.8 Å². The highest BCUT2D eigenvalue weighted by molar-refractivity contribution is 6.10. The van der Waals surface area contributed by atoms with Gasteiger partial charge in [-0.1, -0.05) is 0 Å². The minimum absolute atomic E-state index is 0.00582. The maximum atomic E-state index is 14.0. The second-order valence-corrected chi connectivity index (χ2v) is 7.21. The number of hydrogen-bond donors (Lipinski definition) is 1. The molecule has 176 valence electrons. The number of benzene rings is 1. The highest BCUT2D eigenvalue weighted by Crippen LogP contribution is 2.23. The number of hydrogen-bond acceptors (Lipinski definition) is 7. The number of ketones is 1. The predicted octanol–water partition coefficient (Wildman–Crippen LogP) is 2.41. The van der Waals surface area contributed by atoms with Crippen molar-refractivity contribution in [3.05, 3.63) is 87.5 Å². The van der Waals surface area contributed by atoms with Gasteiger partial charge in [0.25, 0.3) is 11.5 Å². The van der Waals surface area contributed by atoms with Crippen molar-refractivity contribution in [2.24, 2.45) is 0 Å². The van der Waals surface area contributed by atoms with Gasteiger partial charge >= 0.3 is 0 Å². The molecule has 0 aliphatic rings. The summed E-state index contributed by atoms with van der Waals surface area (Å²) in [5.41, 5.74) is -0.908. The number of methoxy groups -OCH3 is 1. The van der Waals surface area contributed by atoms with E-state index in [0.29, 0.717) is 18.8 Å². The minimum atomic E-state index is -0.688. The lowest BCUT2D eigenvalue weighted by Crippen LogP contribution is -2.28. The van der Waals surface area contributed by atoms with Crippen LogP contribution in [0.15, 0.2) is 58.1 Å². The van der Waals surface area contributed by atoms with Gasteiger partial charge in [0.1, 0.15) is 29.0 Å². The van der Waals surface area contributed by atoms with Crippen LogP contribution in [-0.2, 0) is 22.6 Å². The summed E-state index contributed by atoms with van der Waals surface area (Å²) in [7, 11) is 1.52. The first kappa shape index (κ1) is 24.4. The monoisotopic (exact) mass is 467 g/mol. The van der Waals surface area contributed by atoms with Crippen LogP contribution in [0, 0.1) is 17.1 Å². The summed E-state index contributed by atoms with van der Waals surface area (Å²) in [4.78, 5) is 37.7. The zero-order valence-electron chi connectivity index (χ0n) is 18.4. The Morgan fingerprint density at radius 1 is 1.26 bits per heavy atom. The fourth-order valence-corrected chi connectivity index (χ4v) is 3.14. The van der Waals surface area contributed by atoms with Crippen LogP contribution >= 0.6 is 0 Å². The largest absolute Gasteiger partial charge is 0.483 e. The average molecular weight is 467 g/mol. The van der Waals surface area contributed by atoms with E-state index in [9.17, 15) is 24.0 Å². The predicted molar refractivity (Wildman–Crippen MR) is 118 cm³/mol. The molecule has 0 bridgehead atoms. The third-order valence-corrected chi connectivity index (χ3v) is 4.80. The smallest absolute Gasteiger partial charge is 0.268 e. The van der Waals surface area contributed by atoms with E-state index in [-0.39, 0.29) is 35.5 Å². The number of nitrogens with one attached hydrogen (secondary N) is 1. The highest BCUT2D eigenvalue weighted by atomic mass is 19.1. The Balaban J connectivity index is 1.81. The normalized spacial score (nSPS) is 10.5. The van der Waals surface area contributed by atoms with Gasteiger partial charge in [-0.05, 0) is 42.8 Å². The molecule has 1 amide bonds. The minimum Gasteiger partial charge on any atom is -0.483 e. The van der Waals surface area contributed by atoms with Crippen LogP contribution in [0.3, 0.4) is 0 Å². The number of pyridine rings is 1. The molecule has 0 unspecified atom stereocenters. The number of halogens is 1. The van der Waals surface area contributed by atoms with Gasteiger partial charge in [0.2, 0.25) is 0 Å². The quantitative estimate of drug-likeness (QED) is 0.339. The van der Waals surface area contributed by atoms with E-state index in [1.54, 1.807) is 18.2 Å². The number of carbonyl (C=O) groups is 2. The van der Waals surface area contributed by atoms with Crippen molar-refractivity contribution in [2.75, 3.05) is 20.3 Å². The topological polar surface area (TPSA) is 124 Å². The third-order valence-electron chi connectivity index (χ3n) is 4.80. The Bertz CT molecular complexity index is 1260. The van der Waals surface area contributed by atoms with E-state index in [1.165, 1.54) is 30.2 Å². The number of rotatable bonds is 11. The molecule has 1 aromatic carbocycles. The van der Waals surface area contributed by atoms with Gasteiger partial charge in [-0.25, -0.2) is 4.39 Å². The number of ether oxygens (including phenoxy) is 2. The van der Waals surface area contributed by atoms with Crippen molar-refractivity contribution >= 4 is 11.7 Å². The molecule has 2 aromatic heterocycles. The van der Waals surface area contributed by atoms with E-state index >= 15 is 0 Å². The molecule has 0 fully saturated rings. The van der Waals surface area contributed by atoms with Crippen LogP contribution < -0.4 is 15.6 Å². The van der Waals surface area contributed by atoms with Gasteiger partial charge < -0.3 is 23.8 Å². The number of nitrogens with zero attached hydrogens (tertiary/aromatic N) is 2. The van der Waals surface area contributed by atoms with E-state index in [0.717, 1.165) is 18.2 Å². The fraction of sp³-hybridized carbons (Fsp3) is 0.250. The van der Waals surface area contributed by atoms with Gasteiger partial charge in [0.05, 0.1) is 18.4 Å². The van der Waals surface area contributed by atoms with Gasteiger partial charge in [-0.3, -0.25) is 14.4 Å². The van der Waals surface area contributed by atoms with E-state index in [1.807, 2.05) is 0 Å². The van der Waals surface area contributed by atoms with Crippen LogP contribution in [0.4, 0.5) is 4.39 Å². The first-order valence-corrected chi connectivity index (χ1v) is 10.3. The van der Waals surface area contributed by atoms with Crippen molar-refractivity contribution in [2.45, 2.75) is 19.5 Å². The zero-order valence-corrected chi connectivity index (χ0v) is 18.4. The second kappa shape index (κ2) is 11.6. The Morgan fingerprint density at radius 3 is 2.79 bits per heavy atom. The molecule has 0 saturated heterocycles. The van der Waals surface area contributed by atoms with Crippen LogP contribution in [-0.4, -0.2) is 36.6 Å². The van der Waals surface area contributed by atoms with Crippen LogP contribution in [0.1, 0.15) is 33.7 Å². The average Bonchev–Trinajstić information content (AvgIpc) is 3.36. The van der Waals surface area contributed by atoms with Gasteiger partial charge in [-0.2, -0.15) is 5.26 Å². The number of amides is 1. The van der Waals surface area contributed by atoms with E-state index in [4.69, 9.17) is 13.9 Å². The maximum absolute atomic E-state index is 14.0. The van der Waals surface area contributed by atoms with Crippen molar-refractivity contribution in [1.29, 1.82) is 5.26 Å². The first-order chi connectivity index (χ1) is 16.4. The lowest BCUT2D eigenvalue weighted by atomic mass is 10.0. The van der Waals surface area contributed by atoms with Gasteiger partial charge in [0, 0.05) is 32.0 Å². The maximum Gasteiger partial charge on any atom is 0.268 e. The summed E-state index contributed by atoms with van der Waals surface area (Å²) in [5.74, 6) is -1.29. The molecule has 9 nitrogen and oxygen atoms in total. The molecule has 10 heteroatoms. The summed E-state index contributed by atoms with van der Waals surface area (Å²) >= 11 is 0. The Kier molecular flexibility index (Phi) is 8.32. The second-order valence-electron chi connectivity index (χ2n) is 7.21. The van der Waals surface area contributed by atoms with Crippen LogP contribution in [0.5, 0.6) is 5.75 Å².